The van der Waals surface area contributed by atoms with E-state index in [4.69, 9.17) is 9.16 Å². The molecule has 7 heteroatoms. The minimum atomic E-state index is -1.97. The predicted molar refractivity (Wildman–Crippen MR) is 97.5 cm³/mol. The topological polar surface area (TPSA) is 73.9 Å². The molecule has 0 saturated heterocycles. The fourth-order valence-corrected chi connectivity index (χ4v) is 2.41. The molecule has 1 N–H and O–H groups in total. The molecule has 0 unspecified atom stereocenters. The Morgan fingerprint density at radius 3 is 2.08 bits per heavy atom. The minimum Gasteiger partial charge on any atom is -0.466 e. The van der Waals surface area contributed by atoms with Crippen molar-refractivity contribution >= 4 is 20.4 Å². The molecule has 0 heterocycles. The molecule has 0 aromatic heterocycles. The Hall–Kier alpha value is -1.34. The molecule has 0 aliphatic heterocycles. The van der Waals surface area contributed by atoms with Crippen molar-refractivity contribution in [3.8, 4) is 0 Å². The lowest BCUT2D eigenvalue weighted by Gasteiger charge is -2.37. The van der Waals surface area contributed by atoms with Crippen LogP contribution in [0.4, 0.5) is 4.79 Å². The zero-order valence-corrected chi connectivity index (χ0v) is 17.5. The maximum atomic E-state index is 12.0. The molecular formula is C17H33NO5Si. The molecule has 0 aliphatic carbocycles. The number of ether oxygens (including phenoxy) is 2. The summed E-state index contributed by atoms with van der Waals surface area (Å²) in [6, 6.07) is -0.479. The Morgan fingerprint density at radius 2 is 1.67 bits per heavy atom. The van der Waals surface area contributed by atoms with Crippen LogP contribution in [0.15, 0.2) is 12.2 Å². The summed E-state index contributed by atoms with van der Waals surface area (Å²) in [6.45, 7) is 16.3. The van der Waals surface area contributed by atoms with E-state index < -0.39 is 32.0 Å². The maximum Gasteiger partial charge on any atom is 0.408 e. The van der Waals surface area contributed by atoms with Crippen LogP contribution in [0, 0.1) is 0 Å². The molecule has 140 valence electrons. The second kappa shape index (κ2) is 8.67. The molecule has 0 radical (unpaired) electrons. The van der Waals surface area contributed by atoms with Crippen LogP contribution in [0.5, 0.6) is 0 Å². The molecule has 0 rings (SSSR count). The quantitative estimate of drug-likeness (QED) is 0.445. The molecule has 24 heavy (non-hydrogen) atoms. The van der Waals surface area contributed by atoms with Gasteiger partial charge >= 0.3 is 12.1 Å². The number of alkyl carbamates (subject to hydrolysis) is 1. The van der Waals surface area contributed by atoms with Gasteiger partial charge in [0.1, 0.15) is 5.60 Å². The highest BCUT2D eigenvalue weighted by Gasteiger charge is 2.37. The van der Waals surface area contributed by atoms with Crippen LogP contribution in [0.3, 0.4) is 0 Å². The van der Waals surface area contributed by atoms with E-state index in [0.29, 0.717) is 0 Å². The SMILES string of the molecule is COC(=O)/C=C\[C@@H](CO[Si](C)(C)C(C)(C)C)NC(=O)OC(C)(C)C. The Balaban J connectivity index is 4.98. The highest BCUT2D eigenvalue weighted by atomic mass is 28.4. The van der Waals surface area contributed by atoms with E-state index in [1.165, 1.54) is 13.2 Å². The van der Waals surface area contributed by atoms with Gasteiger partial charge in [0, 0.05) is 6.08 Å². The summed E-state index contributed by atoms with van der Waals surface area (Å²) < 4.78 is 16.0. The number of methoxy groups -OCH3 is 1. The van der Waals surface area contributed by atoms with Crippen molar-refractivity contribution in [1.82, 2.24) is 5.32 Å². The summed E-state index contributed by atoms with van der Waals surface area (Å²) in [5, 5.41) is 2.77. The van der Waals surface area contributed by atoms with Crippen molar-refractivity contribution in [1.29, 1.82) is 0 Å². The third kappa shape index (κ3) is 9.07. The molecule has 0 spiro atoms. The van der Waals surface area contributed by atoms with E-state index in [0.717, 1.165) is 0 Å². The monoisotopic (exact) mass is 359 g/mol. The fraction of sp³-hybridized carbons (Fsp3) is 0.765. The van der Waals surface area contributed by atoms with Gasteiger partial charge in [-0.3, -0.25) is 0 Å². The van der Waals surface area contributed by atoms with E-state index >= 15 is 0 Å². The van der Waals surface area contributed by atoms with Crippen LogP contribution in [0.1, 0.15) is 41.5 Å². The molecular weight excluding hydrogens is 326 g/mol. The largest absolute Gasteiger partial charge is 0.466 e. The van der Waals surface area contributed by atoms with Gasteiger partial charge < -0.3 is 19.2 Å². The molecule has 0 fully saturated rings. The second-order valence-corrected chi connectivity index (χ2v) is 13.0. The van der Waals surface area contributed by atoms with E-state index in [2.05, 4.69) is 43.9 Å². The first-order chi connectivity index (χ1) is 10.7. The summed E-state index contributed by atoms with van der Waals surface area (Å²) >= 11 is 0. The van der Waals surface area contributed by atoms with Crippen LogP contribution >= 0.6 is 0 Å². The fourth-order valence-electron chi connectivity index (χ4n) is 1.38. The molecule has 6 nitrogen and oxygen atoms in total. The first-order valence-electron chi connectivity index (χ1n) is 8.07. The maximum absolute atomic E-state index is 12.0. The number of nitrogens with one attached hydrogen (secondary N) is 1. The Labute approximate surface area is 147 Å². The molecule has 0 bridgehead atoms. The van der Waals surface area contributed by atoms with Gasteiger partial charge in [-0.05, 0) is 38.9 Å². The van der Waals surface area contributed by atoms with E-state index in [1.54, 1.807) is 26.8 Å². The molecule has 0 saturated carbocycles. The van der Waals surface area contributed by atoms with E-state index in [9.17, 15) is 9.59 Å². The lowest BCUT2D eigenvalue weighted by molar-refractivity contribution is -0.134. The number of esters is 1. The zero-order chi connectivity index (χ0) is 19.2. The van der Waals surface area contributed by atoms with Crippen molar-refractivity contribution in [2.24, 2.45) is 0 Å². The third-order valence-corrected chi connectivity index (χ3v) is 8.30. The second-order valence-electron chi connectivity index (χ2n) is 8.21. The van der Waals surface area contributed by atoms with Gasteiger partial charge in [0.05, 0.1) is 19.8 Å². The van der Waals surface area contributed by atoms with Gasteiger partial charge in [0.15, 0.2) is 8.32 Å². The molecule has 0 aliphatic rings. The van der Waals surface area contributed by atoms with Gasteiger partial charge in [-0.15, -0.1) is 0 Å². The smallest absolute Gasteiger partial charge is 0.408 e. The van der Waals surface area contributed by atoms with Gasteiger partial charge in [0.25, 0.3) is 0 Å². The average molecular weight is 360 g/mol. The molecule has 0 aromatic carbocycles. The van der Waals surface area contributed by atoms with Crippen molar-refractivity contribution in [3.05, 3.63) is 12.2 Å². The summed E-state index contributed by atoms with van der Waals surface area (Å²) in [5.41, 5.74) is -0.596. The Kier molecular flexibility index (Phi) is 8.18. The Morgan fingerprint density at radius 1 is 1.12 bits per heavy atom. The molecule has 0 aromatic rings. The van der Waals surface area contributed by atoms with Gasteiger partial charge in [-0.1, -0.05) is 26.8 Å². The Bertz CT molecular complexity index is 461. The van der Waals surface area contributed by atoms with Crippen molar-refractivity contribution < 1.29 is 23.5 Å². The number of hydrogen-bond acceptors (Lipinski definition) is 5. The first-order valence-corrected chi connectivity index (χ1v) is 11.0. The van der Waals surface area contributed by atoms with Crippen LogP contribution in [0.2, 0.25) is 18.1 Å². The summed E-state index contributed by atoms with van der Waals surface area (Å²) in [6.07, 6.45) is 2.28. The number of amides is 1. The van der Waals surface area contributed by atoms with Gasteiger partial charge in [-0.25, -0.2) is 9.59 Å². The highest BCUT2D eigenvalue weighted by Crippen LogP contribution is 2.36. The van der Waals surface area contributed by atoms with Crippen LogP contribution in [0.25, 0.3) is 0 Å². The predicted octanol–water partition coefficient (Wildman–Crippen LogP) is 3.63. The van der Waals surface area contributed by atoms with Crippen molar-refractivity contribution in [3.63, 3.8) is 0 Å². The number of carbonyl (C=O) groups excluding carboxylic acids is 2. The van der Waals surface area contributed by atoms with E-state index in [1.807, 2.05) is 0 Å². The van der Waals surface area contributed by atoms with Crippen LogP contribution in [-0.4, -0.2) is 45.7 Å². The van der Waals surface area contributed by atoms with E-state index in [-0.39, 0.29) is 11.6 Å². The minimum absolute atomic E-state index is 0.0511. The summed E-state index contributed by atoms with van der Waals surface area (Å²) in [4.78, 5) is 23.3. The standard InChI is InChI=1S/C17H33NO5Si/c1-16(2,3)23-15(20)18-13(10-11-14(19)21-7)12-22-24(8,9)17(4,5)6/h10-11,13H,12H2,1-9H3,(H,18,20)/b11-10-/t13-/m0/s1. The number of carbonyl (C=O) groups is 2. The molecule has 1 amide bonds. The average Bonchev–Trinajstić information content (AvgIpc) is 2.37. The number of hydrogen-bond donors (Lipinski definition) is 1. The van der Waals surface area contributed by atoms with Crippen molar-refractivity contribution in [2.45, 2.75) is 71.3 Å². The summed E-state index contributed by atoms with van der Waals surface area (Å²) in [5.74, 6) is -0.488. The normalized spacial score (nSPS) is 14.4. The highest BCUT2D eigenvalue weighted by molar-refractivity contribution is 6.74. The van der Waals surface area contributed by atoms with Crippen molar-refractivity contribution in [2.75, 3.05) is 13.7 Å². The lowest BCUT2D eigenvalue weighted by atomic mass is 10.2. The zero-order valence-electron chi connectivity index (χ0n) is 16.5. The summed E-state index contributed by atoms with van der Waals surface area (Å²) in [7, 11) is -0.672. The third-order valence-electron chi connectivity index (χ3n) is 3.80. The number of rotatable bonds is 6. The molecule has 1 atom stereocenters. The van der Waals surface area contributed by atoms with Crippen LogP contribution in [-0.2, 0) is 18.7 Å². The lowest BCUT2D eigenvalue weighted by Crippen LogP contribution is -2.46. The van der Waals surface area contributed by atoms with Crippen LogP contribution < -0.4 is 5.32 Å². The van der Waals surface area contributed by atoms with Gasteiger partial charge in [0.2, 0.25) is 0 Å². The first kappa shape index (κ1) is 22.7. The van der Waals surface area contributed by atoms with Gasteiger partial charge in [-0.2, -0.15) is 0 Å².